The zero-order valence-corrected chi connectivity index (χ0v) is 20.5. The van der Waals surface area contributed by atoms with Gasteiger partial charge in [0.2, 0.25) is 5.78 Å². The van der Waals surface area contributed by atoms with Crippen LogP contribution in [0.2, 0.25) is 0 Å². The average Bonchev–Trinajstić information content (AvgIpc) is 3.32. The maximum atomic E-state index is 13.9. The van der Waals surface area contributed by atoms with Crippen molar-refractivity contribution in [2.24, 2.45) is 0 Å². The largest absolute Gasteiger partial charge is 0.416 e. The predicted molar refractivity (Wildman–Crippen MR) is 135 cm³/mol. The number of hydrogen-bond donors (Lipinski definition) is 1. The number of carbonyl (C=O) groups excluding carboxylic acids is 1. The Kier molecular flexibility index (Phi) is 7.09. The second-order valence-electron chi connectivity index (χ2n) is 9.05. The van der Waals surface area contributed by atoms with E-state index < -0.39 is 17.6 Å². The standard InChI is InChI=1S/C27H24F3N7O/c1-35-9-11-36(12-10-35)18-20-4-5-22(14-24(20)27(28,29)30)34-25(38)21-13-19(15-31-16-21)3-6-23-17-33-26-32-7-2-8-37(23)26/h2,4-5,7-8,13-17H,9-12,18H2,1H3,(H,34,38). The van der Waals surface area contributed by atoms with Crippen molar-refractivity contribution in [2.45, 2.75) is 12.7 Å². The number of nitrogens with zero attached hydrogens (tertiary/aromatic N) is 6. The fourth-order valence-electron chi connectivity index (χ4n) is 4.20. The lowest BCUT2D eigenvalue weighted by Gasteiger charge is -2.33. The number of amides is 1. The third-order valence-electron chi connectivity index (χ3n) is 6.29. The van der Waals surface area contributed by atoms with E-state index in [1.165, 1.54) is 30.6 Å². The molecule has 4 aromatic rings. The first kappa shape index (κ1) is 25.4. The molecule has 0 bridgehead atoms. The number of rotatable bonds is 4. The van der Waals surface area contributed by atoms with E-state index >= 15 is 0 Å². The highest BCUT2D eigenvalue weighted by Crippen LogP contribution is 2.34. The van der Waals surface area contributed by atoms with Gasteiger partial charge >= 0.3 is 6.18 Å². The normalized spacial score (nSPS) is 14.7. The van der Waals surface area contributed by atoms with Crippen LogP contribution in [0.3, 0.4) is 0 Å². The molecule has 4 heterocycles. The maximum absolute atomic E-state index is 13.9. The number of nitrogens with one attached hydrogen (secondary N) is 1. The van der Waals surface area contributed by atoms with E-state index in [4.69, 9.17) is 0 Å². The molecule has 0 spiro atoms. The molecule has 0 saturated carbocycles. The molecule has 1 saturated heterocycles. The molecule has 1 aromatic carbocycles. The molecule has 1 N–H and O–H groups in total. The molecule has 0 radical (unpaired) electrons. The Hall–Kier alpha value is -4.27. The summed E-state index contributed by atoms with van der Waals surface area (Å²) in [5.74, 6) is 5.84. The fraction of sp³-hybridized carbons (Fsp3) is 0.259. The van der Waals surface area contributed by atoms with E-state index in [2.05, 4.69) is 37.0 Å². The van der Waals surface area contributed by atoms with Gasteiger partial charge in [-0.1, -0.05) is 12.0 Å². The zero-order chi connectivity index (χ0) is 26.7. The van der Waals surface area contributed by atoms with E-state index in [-0.39, 0.29) is 23.4 Å². The number of anilines is 1. The number of piperazine rings is 1. The van der Waals surface area contributed by atoms with Crippen molar-refractivity contribution in [3.63, 3.8) is 0 Å². The lowest BCUT2D eigenvalue weighted by Crippen LogP contribution is -2.44. The second-order valence-corrected chi connectivity index (χ2v) is 9.05. The molecule has 1 aliphatic heterocycles. The Balaban J connectivity index is 1.32. The van der Waals surface area contributed by atoms with Crippen molar-refractivity contribution in [3.8, 4) is 11.8 Å². The van der Waals surface area contributed by atoms with Crippen LogP contribution < -0.4 is 5.32 Å². The number of benzene rings is 1. The van der Waals surface area contributed by atoms with Gasteiger partial charge in [0, 0.05) is 68.8 Å². The van der Waals surface area contributed by atoms with Gasteiger partial charge in [0.05, 0.1) is 17.3 Å². The van der Waals surface area contributed by atoms with Gasteiger partial charge < -0.3 is 10.2 Å². The summed E-state index contributed by atoms with van der Waals surface area (Å²) in [5.41, 5.74) is 0.733. The third kappa shape index (κ3) is 5.82. The van der Waals surface area contributed by atoms with Crippen LogP contribution in [0, 0.1) is 11.8 Å². The van der Waals surface area contributed by atoms with Gasteiger partial charge in [0.25, 0.3) is 5.91 Å². The molecule has 0 atom stereocenters. The van der Waals surface area contributed by atoms with E-state index in [1.807, 2.05) is 11.9 Å². The summed E-state index contributed by atoms with van der Waals surface area (Å²) >= 11 is 0. The number of hydrogen-bond acceptors (Lipinski definition) is 6. The topological polar surface area (TPSA) is 78.7 Å². The number of halogens is 3. The first-order chi connectivity index (χ1) is 18.3. The van der Waals surface area contributed by atoms with Crippen LogP contribution >= 0.6 is 0 Å². The molecule has 3 aromatic heterocycles. The molecular formula is C27H24F3N7O. The molecule has 194 valence electrons. The van der Waals surface area contributed by atoms with Crippen molar-refractivity contribution in [2.75, 3.05) is 38.5 Å². The van der Waals surface area contributed by atoms with Crippen LogP contribution in [0.1, 0.15) is 32.7 Å². The van der Waals surface area contributed by atoms with Gasteiger partial charge in [-0.25, -0.2) is 9.97 Å². The van der Waals surface area contributed by atoms with Crippen LogP contribution in [-0.2, 0) is 12.7 Å². The zero-order valence-electron chi connectivity index (χ0n) is 20.5. The summed E-state index contributed by atoms with van der Waals surface area (Å²) in [5, 5.41) is 2.56. The van der Waals surface area contributed by atoms with E-state index in [0.717, 1.165) is 19.2 Å². The van der Waals surface area contributed by atoms with E-state index in [0.29, 0.717) is 30.1 Å². The van der Waals surface area contributed by atoms with Crippen LogP contribution in [0.25, 0.3) is 5.78 Å². The number of likely N-dealkylation sites (N-methyl/N-ethyl adjacent to an activating group) is 1. The Morgan fingerprint density at radius 3 is 2.66 bits per heavy atom. The summed E-state index contributed by atoms with van der Waals surface area (Å²) < 4.78 is 43.4. The molecule has 5 rings (SSSR count). The molecule has 0 unspecified atom stereocenters. The van der Waals surface area contributed by atoms with Gasteiger partial charge in [-0.2, -0.15) is 13.2 Å². The predicted octanol–water partition coefficient (Wildman–Crippen LogP) is 3.54. The average molecular weight is 520 g/mol. The van der Waals surface area contributed by atoms with Gasteiger partial charge in [0.15, 0.2) is 0 Å². The fourth-order valence-corrected chi connectivity index (χ4v) is 4.20. The Morgan fingerprint density at radius 2 is 1.87 bits per heavy atom. The summed E-state index contributed by atoms with van der Waals surface area (Å²) in [6, 6.07) is 7.20. The van der Waals surface area contributed by atoms with Crippen LogP contribution in [0.15, 0.2) is 61.3 Å². The first-order valence-electron chi connectivity index (χ1n) is 11.9. The van der Waals surface area contributed by atoms with Gasteiger partial charge in [-0.05, 0) is 42.8 Å². The number of fused-ring (bicyclic) bond motifs is 1. The number of pyridine rings is 1. The number of aromatic nitrogens is 4. The van der Waals surface area contributed by atoms with Crippen LogP contribution in [0.5, 0.6) is 0 Å². The minimum atomic E-state index is -4.55. The highest BCUT2D eigenvalue weighted by Gasteiger charge is 2.34. The van der Waals surface area contributed by atoms with Crippen molar-refractivity contribution >= 4 is 17.4 Å². The molecule has 38 heavy (non-hydrogen) atoms. The molecular weight excluding hydrogens is 495 g/mol. The molecule has 1 amide bonds. The van der Waals surface area contributed by atoms with Gasteiger partial charge in [-0.3, -0.25) is 19.1 Å². The first-order valence-corrected chi connectivity index (χ1v) is 11.9. The van der Waals surface area contributed by atoms with Crippen molar-refractivity contribution in [1.82, 2.24) is 29.2 Å². The van der Waals surface area contributed by atoms with Gasteiger partial charge in [-0.15, -0.1) is 0 Å². The van der Waals surface area contributed by atoms with Gasteiger partial charge in [0.1, 0.15) is 5.69 Å². The minimum Gasteiger partial charge on any atom is -0.322 e. The number of imidazole rings is 1. The smallest absolute Gasteiger partial charge is 0.322 e. The second kappa shape index (κ2) is 10.6. The molecule has 0 aliphatic carbocycles. The number of carbonyl (C=O) groups is 1. The van der Waals surface area contributed by atoms with Crippen molar-refractivity contribution in [3.05, 3.63) is 89.3 Å². The summed E-state index contributed by atoms with van der Waals surface area (Å²) in [7, 11) is 1.99. The Labute approximate surface area is 217 Å². The van der Waals surface area contributed by atoms with Crippen LogP contribution in [-0.4, -0.2) is 68.3 Å². The summed E-state index contributed by atoms with van der Waals surface area (Å²) in [6.45, 7) is 3.22. The monoisotopic (exact) mass is 519 g/mol. The highest BCUT2D eigenvalue weighted by atomic mass is 19.4. The number of alkyl halides is 3. The van der Waals surface area contributed by atoms with Crippen molar-refractivity contribution in [1.29, 1.82) is 0 Å². The minimum absolute atomic E-state index is 0.0548. The van der Waals surface area contributed by atoms with Crippen LogP contribution in [0.4, 0.5) is 18.9 Å². The molecule has 1 aliphatic rings. The lowest BCUT2D eigenvalue weighted by molar-refractivity contribution is -0.138. The highest BCUT2D eigenvalue weighted by molar-refractivity contribution is 6.04. The Bertz CT molecular complexity index is 1530. The SMILES string of the molecule is CN1CCN(Cc2ccc(NC(=O)c3cncc(C#Cc4cnc5ncccn45)c3)cc2C(F)(F)F)CC1. The quantitative estimate of drug-likeness (QED) is 0.416. The lowest BCUT2D eigenvalue weighted by atomic mass is 10.0. The molecule has 1 fully saturated rings. The maximum Gasteiger partial charge on any atom is 0.416 e. The van der Waals surface area contributed by atoms with Crippen molar-refractivity contribution < 1.29 is 18.0 Å². The molecule has 11 heteroatoms. The van der Waals surface area contributed by atoms with E-state index in [1.54, 1.807) is 29.1 Å². The Morgan fingerprint density at radius 1 is 1.05 bits per heavy atom. The van der Waals surface area contributed by atoms with E-state index in [9.17, 15) is 18.0 Å². The summed E-state index contributed by atoms with van der Waals surface area (Å²) in [4.78, 5) is 29.4. The molecule has 8 nitrogen and oxygen atoms in total. The summed E-state index contributed by atoms with van der Waals surface area (Å²) in [6.07, 6.45) is 3.29. The third-order valence-corrected chi connectivity index (χ3v) is 6.29.